The number of hydrogen-bond acceptors (Lipinski definition) is 4. The summed E-state index contributed by atoms with van der Waals surface area (Å²) in [4.78, 5) is 11.5. The Morgan fingerprint density at radius 1 is 1.32 bits per heavy atom. The summed E-state index contributed by atoms with van der Waals surface area (Å²) in [6, 6.07) is 6.50. The maximum atomic E-state index is 12.4. The molecule has 1 saturated heterocycles. The third kappa shape index (κ3) is 4.53. The molecule has 1 aliphatic heterocycles. The molecule has 2 rings (SSSR count). The second-order valence-corrected chi connectivity index (χ2v) is 7.34. The van der Waals surface area contributed by atoms with Gasteiger partial charge in [-0.2, -0.15) is 0 Å². The summed E-state index contributed by atoms with van der Waals surface area (Å²) in [5, 5.41) is 5.99. The van der Waals surface area contributed by atoms with Gasteiger partial charge in [-0.15, -0.1) is 0 Å². The van der Waals surface area contributed by atoms with Gasteiger partial charge in [0, 0.05) is 24.2 Å². The fraction of sp³-hybridized carbons (Fsp3) is 0.533. The van der Waals surface area contributed by atoms with Gasteiger partial charge in [-0.05, 0) is 50.6 Å². The largest absolute Gasteiger partial charge is 0.326 e. The molecule has 2 unspecified atom stereocenters. The van der Waals surface area contributed by atoms with Gasteiger partial charge in [-0.3, -0.25) is 4.79 Å². The molecular formula is C15H23N3O3S. The third-order valence-electron chi connectivity index (χ3n) is 3.71. The average molecular weight is 325 g/mol. The van der Waals surface area contributed by atoms with E-state index in [2.05, 4.69) is 15.4 Å². The Bertz CT molecular complexity index is 613. The second kappa shape index (κ2) is 7.21. The van der Waals surface area contributed by atoms with Crippen molar-refractivity contribution in [3.63, 3.8) is 0 Å². The Hall–Kier alpha value is -1.44. The molecule has 1 aromatic rings. The molecule has 0 aromatic heterocycles. The first-order chi connectivity index (χ1) is 10.4. The van der Waals surface area contributed by atoms with Gasteiger partial charge in [0.25, 0.3) is 0 Å². The van der Waals surface area contributed by atoms with Gasteiger partial charge in [-0.1, -0.05) is 6.92 Å². The first-order valence-electron chi connectivity index (χ1n) is 7.56. The zero-order valence-corrected chi connectivity index (χ0v) is 13.7. The zero-order chi connectivity index (χ0) is 16.2. The van der Waals surface area contributed by atoms with Crippen molar-refractivity contribution >= 4 is 21.6 Å². The quantitative estimate of drug-likeness (QED) is 0.765. The molecule has 122 valence electrons. The van der Waals surface area contributed by atoms with Gasteiger partial charge >= 0.3 is 0 Å². The number of benzene rings is 1. The van der Waals surface area contributed by atoms with Gasteiger partial charge in [0.15, 0.2) is 0 Å². The molecule has 0 saturated carbocycles. The summed E-state index contributed by atoms with van der Waals surface area (Å²) in [6.45, 7) is 4.63. The summed E-state index contributed by atoms with van der Waals surface area (Å²) in [6.07, 6.45) is 1.95. The molecule has 1 aliphatic rings. The molecule has 1 aromatic carbocycles. The van der Waals surface area contributed by atoms with Crippen LogP contribution in [0.3, 0.4) is 0 Å². The third-order valence-corrected chi connectivity index (χ3v) is 5.25. The highest BCUT2D eigenvalue weighted by Crippen LogP contribution is 2.17. The molecule has 2 atom stereocenters. The molecule has 0 spiro atoms. The second-order valence-electron chi connectivity index (χ2n) is 5.62. The predicted molar refractivity (Wildman–Crippen MR) is 86.2 cm³/mol. The van der Waals surface area contributed by atoms with E-state index in [9.17, 15) is 13.2 Å². The molecule has 6 nitrogen and oxygen atoms in total. The Kier molecular flexibility index (Phi) is 5.55. The highest BCUT2D eigenvalue weighted by Gasteiger charge is 2.24. The number of rotatable bonds is 5. The molecule has 22 heavy (non-hydrogen) atoms. The van der Waals surface area contributed by atoms with E-state index in [0.717, 1.165) is 19.4 Å². The van der Waals surface area contributed by atoms with Crippen LogP contribution in [-0.2, 0) is 14.8 Å². The lowest BCUT2D eigenvalue weighted by Crippen LogP contribution is -2.46. The lowest BCUT2D eigenvalue weighted by atomic mass is 10.0. The van der Waals surface area contributed by atoms with Crippen molar-refractivity contribution in [3.8, 4) is 0 Å². The lowest BCUT2D eigenvalue weighted by molar-refractivity contribution is -0.115. The highest BCUT2D eigenvalue weighted by atomic mass is 32.2. The van der Waals surface area contributed by atoms with Crippen LogP contribution >= 0.6 is 0 Å². The number of sulfonamides is 1. The number of nitrogens with one attached hydrogen (secondary N) is 3. The topological polar surface area (TPSA) is 87.3 Å². The van der Waals surface area contributed by atoms with E-state index < -0.39 is 10.0 Å². The molecule has 1 fully saturated rings. The summed E-state index contributed by atoms with van der Waals surface area (Å²) >= 11 is 0. The van der Waals surface area contributed by atoms with E-state index in [4.69, 9.17) is 0 Å². The maximum absolute atomic E-state index is 12.4. The monoisotopic (exact) mass is 325 g/mol. The van der Waals surface area contributed by atoms with E-state index in [1.807, 2.05) is 6.92 Å². The van der Waals surface area contributed by atoms with Crippen molar-refractivity contribution in [1.82, 2.24) is 10.0 Å². The number of amides is 1. The van der Waals surface area contributed by atoms with Gasteiger partial charge in [0.2, 0.25) is 15.9 Å². The Morgan fingerprint density at radius 2 is 2.00 bits per heavy atom. The normalized spacial score (nSPS) is 22.3. The van der Waals surface area contributed by atoms with E-state index in [-0.39, 0.29) is 16.8 Å². The molecule has 0 aliphatic carbocycles. The molecular weight excluding hydrogens is 302 g/mol. The Labute approximate surface area is 131 Å². The summed E-state index contributed by atoms with van der Waals surface area (Å²) in [5.74, 6) is -0.0996. The predicted octanol–water partition coefficient (Wildman–Crippen LogP) is 1.45. The number of carbonyl (C=O) groups is 1. The van der Waals surface area contributed by atoms with Gasteiger partial charge in [-0.25, -0.2) is 13.1 Å². The summed E-state index contributed by atoms with van der Waals surface area (Å²) in [5.41, 5.74) is 0.598. The zero-order valence-electron chi connectivity index (χ0n) is 12.9. The average Bonchev–Trinajstić information content (AvgIpc) is 2.47. The van der Waals surface area contributed by atoms with Crippen molar-refractivity contribution in [2.45, 2.75) is 50.1 Å². The van der Waals surface area contributed by atoms with Gasteiger partial charge in [0.1, 0.15) is 0 Å². The van der Waals surface area contributed by atoms with Crippen LogP contribution in [0.4, 0.5) is 5.69 Å². The molecule has 0 bridgehead atoms. The fourth-order valence-corrected chi connectivity index (χ4v) is 3.78. The Morgan fingerprint density at radius 3 is 2.59 bits per heavy atom. The molecule has 7 heteroatoms. The SMILES string of the molecule is CCC(=O)Nc1ccc(S(=O)(=O)NC2CCNC(C)C2)cc1. The van der Waals surface area contributed by atoms with Crippen LogP contribution in [0.5, 0.6) is 0 Å². The van der Waals surface area contributed by atoms with Crippen LogP contribution < -0.4 is 15.4 Å². The molecule has 1 amide bonds. The standard InChI is InChI=1S/C15H23N3O3S/c1-3-15(19)17-12-4-6-14(7-5-12)22(20,21)18-13-8-9-16-11(2)10-13/h4-7,11,13,16,18H,3,8-10H2,1-2H3,(H,17,19). The first-order valence-corrected chi connectivity index (χ1v) is 9.04. The molecule has 1 heterocycles. The van der Waals surface area contributed by atoms with Crippen LogP contribution in [-0.4, -0.2) is 33.0 Å². The minimum Gasteiger partial charge on any atom is -0.326 e. The molecule has 0 radical (unpaired) electrons. The summed E-state index contributed by atoms with van der Waals surface area (Å²) in [7, 11) is -3.52. The van der Waals surface area contributed by atoms with E-state index >= 15 is 0 Å². The highest BCUT2D eigenvalue weighted by molar-refractivity contribution is 7.89. The minimum absolute atomic E-state index is 0.0410. The minimum atomic E-state index is -3.52. The number of hydrogen-bond donors (Lipinski definition) is 3. The van der Waals surface area contributed by atoms with Crippen molar-refractivity contribution < 1.29 is 13.2 Å². The fourth-order valence-electron chi connectivity index (χ4n) is 2.49. The first kappa shape index (κ1) is 16.9. The van der Waals surface area contributed by atoms with Crippen molar-refractivity contribution in [2.24, 2.45) is 0 Å². The van der Waals surface area contributed by atoms with Crippen LogP contribution in [0.15, 0.2) is 29.2 Å². The van der Waals surface area contributed by atoms with Crippen molar-refractivity contribution in [3.05, 3.63) is 24.3 Å². The smallest absolute Gasteiger partial charge is 0.240 e. The lowest BCUT2D eigenvalue weighted by Gasteiger charge is -2.28. The van der Waals surface area contributed by atoms with Crippen LogP contribution in [0.1, 0.15) is 33.1 Å². The van der Waals surface area contributed by atoms with Crippen LogP contribution in [0.25, 0.3) is 0 Å². The van der Waals surface area contributed by atoms with Gasteiger partial charge < -0.3 is 10.6 Å². The number of carbonyl (C=O) groups excluding carboxylic acids is 1. The van der Waals surface area contributed by atoms with E-state index in [1.165, 1.54) is 12.1 Å². The molecule has 3 N–H and O–H groups in total. The van der Waals surface area contributed by atoms with Gasteiger partial charge in [0.05, 0.1) is 4.90 Å². The number of piperidine rings is 1. The Balaban J connectivity index is 2.04. The van der Waals surface area contributed by atoms with Crippen LogP contribution in [0.2, 0.25) is 0 Å². The summed E-state index contributed by atoms with van der Waals surface area (Å²) < 4.78 is 27.5. The van der Waals surface area contributed by atoms with E-state index in [1.54, 1.807) is 19.1 Å². The van der Waals surface area contributed by atoms with Crippen molar-refractivity contribution in [2.75, 3.05) is 11.9 Å². The van der Waals surface area contributed by atoms with Crippen LogP contribution in [0, 0.1) is 0 Å². The maximum Gasteiger partial charge on any atom is 0.240 e. The van der Waals surface area contributed by atoms with E-state index in [0.29, 0.717) is 18.2 Å². The van der Waals surface area contributed by atoms with Crippen molar-refractivity contribution in [1.29, 1.82) is 0 Å². The number of anilines is 1.